The molecule has 5 heteroatoms. The number of ether oxygens (including phenoxy) is 2. The normalized spacial score (nSPS) is 14.0. The van der Waals surface area contributed by atoms with Crippen LogP contribution in [0.4, 0.5) is 0 Å². The van der Waals surface area contributed by atoms with Crippen molar-refractivity contribution in [3.05, 3.63) is 28.8 Å². The number of hydrogen-bond acceptors (Lipinski definition) is 5. The first-order chi connectivity index (χ1) is 9.72. The number of nitrogens with zero attached hydrogens (tertiary/aromatic N) is 1. The molecular formula is C15H15NO3S. The van der Waals surface area contributed by atoms with Gasteiger partial charge >= 0.3 is 0 Å². The molecule has 0 saturated heterocycles. The molecule has 0 amide bonds. The molecular weight excluding hydrogens is 274 g/mol. The number of thiazole rings is 1. The van der Waals surface area contributed by atoms with Crippen molar-refractivity contribution in [2.75, 3.05) is 14.2 Å². The molecule has 0 saturated carbocycles. The van der Waals surface area contributed by atoms with E-state index in [-0.39, 0.29) is 5.78 Å². The molecule has 1 aliphatic carbocycles. The average molecular weight is 289 g/mol. The van der Waals surface area contributed by atoms with Gasteiger partial charge in [0, 0.05) is 11.3 Å². The number of aromatic nitrogens is 1. The lowest BCUT2D eigenvalue weighted by Gasteiger charge is -2.08. The summed E-state index contributed by atoms with van der Waals surface area (Å²) in [5, 5.41) is 0.820. The second-order valence-corrected chi connectivity index (χ2v) is 5.72. The van der Waals surface area contributed by atoms with Gasteiger partial charge in [-0.3, -0.25) is 4.79 Å². The van der Waals surface area contributed by atoms with Crippen molar-refractivity contribution < 1.29 is 14.3 Å². The number of aryl methyl sites for hydroxylation is 1. The molecule has 20 heavy (non-hydrogen) atoms. The quantitative estimate of drug-likeness (QED) is 0.869. The smallest absolute Gasteiger partial charge is 0.182 e. The van der Waals surface area contributed by atoms with Gasteiger partial charge in [-0.2, -0.15) is 0 Å². The van der Waals surface area contributed by atoms with Crippen molar-refractivity contribution in [2.45, 2.75) is 19.3 Å². The first-order valence-electron chi connectivity index (χ1n) is 6.48. The number of fused-ring (bicyclic) bond motifs is 1. The first kappa shape index (κ1) is 13.1. The van der Waals surface area contributed by atoms with Crippen LogP contribution in [-0.2, 0) is 6.42 Å². The van der Waals surface area contributed by atoms with E-state index < -0.39 is 0 Å². The third-order valence-electron chi connectivity index (χ3n) is 3.41. The van der Waals surface area contributed by atoms with E-state index in [9.17, 15) is 4.79 Å². The van der Waals surface area contributed by atoms with Gasteiger partial charge in [-0.15, -0.1) is 11.3 Å². The highest BCUT2D eigenvalue weighted by molar-refractivity contribution is 7.15. The highest BCUT2D eigenvalue weighted by atomic mass is 32.1. The van der Waals surface area contributed by atoms with Crippen LogP contribution >= 0.6 is 11.3 Å². The van der Waals surface area contributed by atoms with Crippen LogP contribution < -0.4 is 9.47 Å². The summed E-state index contributed by atoms with van der Waals surface area (Å²) < 4.78 is 10.6. The second kappa shape index (κ2) is 5.25. The van der Waals surface area contributed by atoms with Gasteiger partial charge in [-0.25, -0.2) is 4.98 Å². The molecule has 0 atom stereocenters. The van der Waals surface area contributed by atoms with Gasteiger partial charge in [-0.1, -0.05) is 0 Å². The van der Waals surface area contributed by atoms with Crippen LogP contribution in [0.2, 0.25) is 0 Å². The highest BCUT2D eigenvalue weighted by Gasteiger charge is 2.23. The van der Waals surface area contributed by atoms with Crippen molar-refractivity contribution in [1.29, 1.82) is 0 Å². The van der Waals surface area contributed by atoms with Crippen LogP contribution in [0.5, 0.6) is 11.5 Å². The minimum Gasteiger partial charge on any atom is -0.497 e. The Morgan fingerprint density at radius 2 is 2.05 bits per heavy atom. The van der Waals surface area contributed by atoms with E-state index in [2.05, 4.69) is 4.98 Å². The van der Waals surface area contributed by atoms with E-state index in [0.29, 0.717) is 12.1 Å². The predicted molar refractivity (Wildman–Crippen MR) is 77.9 cm³/mol. The Morgan fingerprint density at radius 1 is 1.20 bits per heavy atom. The Hall–Kier alpha value is -1.88. The van der Waals surface area contributed by atoms with E-state index in [1.54, 1.807) is 25.6 Å². The van der Waals surface area contributed by atoms with E-state index in [1.807, 2.05) is 18.2 Å². The number of carbonyl (C=O) groups excluding carboxylic acids is 1. The largest absolute Gasteiger partial charge is 0.497 e. The number of benzene rings is 1. The lowest BCUT2D eigenvalue weighted by molar-refractivity contribution is 0.0968. The summed E-state index contributed by atoms with van der Waals surface area (Å²) in [6.45, 7) is 0. The molecule has 0 fully saturated rings. The molecule has 0 spiro atoms. The summed E-state index contributed by atoms with van der Waals surface area (Å²) in [6, 6.07) is 5.60. The van der Waals surface area contributed by atoms with Gasteiger partial charge in [0.1, 0.15) is 22.2 Å². The van der Waals surface area contributed by atoms with Crippen molar-refractivity contribution >= 4 is 17.1 Å². The third kappa shape index (κ3) is 2.18. The van der Waals surface area contributed by atoms with E-state index in [4.69, 9.17) is 9.47 Å². The van der Waals surface area contributed by atoms with Crippen LogP contribution in [0.25, 0.3) is 10.6 Å². The first-order valence-corrected chi connectivity index (χ1v) is 7.30. The molecule has 0 bridgehead atoms. The van der Waals surface area contributed by atoms with Gasteiger partial charge in [0.15, 0.2) is 5.78 Å². The summed E-state index contributed by atoms with van der Waals surface area (Å²) >= 11 is 1.57. The molecule has 1 aromatic carbocycles. The zero-order chi connectivity index (χ0) is 14.1. The fraction of sp³-hybridized carbons (Fsp3) is 0.333. The summed E-state index contributed by atoms with van der Waals surface area (Å²) in [6.07, 6.45) is 2.46. The maximum atomic E-state index is 11.9. The molecule has 104 valence electrons. The van der Waals surface area contributed by atoms with Gasteiger partial charge in [-0.05, 0) is 31.0 Å². The van der Waals surface area contributed by atoms with Crippen molar-refractivity contribution in [3.8, 4) is 22.1 Å². The second-order valence-electron chi connectivity index (χ2n) is 4.63. The number of carbonyl (C=O) groups is 1. The van der Waals surface area contributed by atoms with E-state index in [0.717, 1.165) is 39.8 Å². The zero-order valence-electron chi connectivity index (χ0n) is 11.4. The topological polar surface area (TPSA) is 48.4 Å². The van der Waals surface area contributed by atoms with Crippen molar-refractivity contribution in [1.82, 2.24) is 4.98 Å². The standard InChI is InChI=1S/C15H15NO3S/c1-18-9-6-7-12(19-2)10(8-9)15-16-14-11(17)4-3-5-13(14)20-15/h6-8H,3-5H2,1-2H3. The Bertz CT molecular complexity index is 663. The lowest BCUT2D eigenvalue weighted by Crippen LogP contribution is -2.08. The van der Waals surface area contributed by atoms with Crippen LogP contribution in [-0.4, -0.2) is 25.0 Å². The fourth-order valence-corrected chi connectivity index (χ4v) is 3.51. The van der Waals surface area contributed by atoms with Crippen LogP contribution in [0.15, 0.2) is 18.2 Å². The average Bonchev–Trinajstić information content (AvgIpc) is 2.92. The molecule has 4 nitrogen and oxygen atoms in total. The van der Waals surface area contributed by atoms with E-state index >= 15 is 0 Å². The van der Waals surface area contributed by atoms with Crippen LogP contribution in [0.1, 0.15) is 28.2 Å². The molecule has 1 aliphatic rings. The highest BCUT2D eigenvalue weighted by Crippen LogP contribution is 2.38. The predicted octanol–water partition coefficient (Wildman–Crippen LogP) is 3.35. The SMILES string of the molecule is COc1ccc(OC)c(-c2nc3c(s2)CCCC3=O)c1. The Kier molecular flexibility index (Phi) is 3.44. The maximum Gasteiger partial charge on any atom is 0.182 e. The Balaban J connectivity index is 2.11. The third-order valence-corrected chi connectivity index (χ3v) is 4.55. The number of hydrogen-bond donors (Lipinski definition) is 0. The molecule has 0 radical (unpaired) electrons. The van der Waals surface area contributed by atoms with Crippen molar-refractivity contribution in [3.63, 3.8) is 0 Å². The summed E-state index contributed by atoms with van der Waals surface area (Å²) in [4.78, 5) is 17.5. The van der Waals surface area contributed by atoms with Crippen LogP contribution in [0.3, 0.4) is 0 Å². The summed E-state index contributed by atoms with van der Waals surface area (Å²) in [7, 11) is 3.26. The Morgan fingerprint density at radius 3 is 2.75 bits per heavy atom. The Labute approximate surface area is 121 Å². The minimum atomic E-state index is 0.149. The van der Waals surface area contributed by atoms with Gasteiger partial charge in [0.2, 0.25) is 0 Å². The molecule has 2 aromatic rings. The van der Waals surface area contributed by atoms with E-state index in [1.165, 1.54) is 0 Å². The molecule has 3 rings (SSSR count). The summed E-state index contributed by atoms with van der Waals surface area (Å²) in [5.74, 6) is 1.64. The van der Waals surface area contributed by atoms with Crippen LogP contribution in [0, 0.1) is 0 Å². The molecule has 0 unspecified atom stereocenters. The van der Waals surface area contributed by atoms with Gasteiger partial charge < -0.3 is 9.47 Å². The maximum absolute atomic E-state index is 11.9. The molecule has 1 aromatic heterocycles. The number of ketones is 1. The number of methoxy groups -OCH3 is 2. The fourth-order valence-electron chi connectivity index (χ4n) is 2.36. The monoisotopic (exact) mass is 289 g/mol. The minimum absolute atomic E-state index is 0.149. The number of Topliss-reactive ketones (excluding diaryl/α,β-unsaturated/α-hetero) is 1. The molecule has 0 N–H and O–H groups in total. The molecule has 0 aliphatic heterocycles. The van der Waals surface area contributed by atoms with Crippen molar-refractivity contribution in [2.24, 2.45) is 0 Å². The summed E-state index contributed by atoms with van der Waals surface area (Å²) in [5.41, 5.74) is 1.51. The molecule has 1 heterocycles. The van der Waals surface area contributed by atoms with Gasteiger partial charge in [0.25, 0.3) is 0 Å². The zero-order valence-corrected chi connectivity index (χ0v) is 12.3. The lowest BCUT2D eigenvalue weighted by atomic mass is 10.0. The number of rotatable bonds is 3. The van der Waals surface area contributed by atoms with Gasteiger partial charge in [0.05, 0.1) is 19.8 Å².